The summed E-state index contributed by atoms with van der Waals surface area (Å²) in [5.74, 6) is 1.21. The number of benzene rings is 4. The molecule has 0 saturated carbocycles. The SMILES string of the molecule is CCOc1cc(C(=O)N/N=C/c2cc(Br)ccc2OCc2ccc(Cl)cc2Cl)ccc1OCc1ccccc1. The normalized spacial score (nSPS) is 10.9. The molecule has 9 heteroatoms. The molecule has 0 atom stereocenters. The monoisotopic (exact) mass is 626 g/mol. The zero-order chi connectivity index (χ0) is 27.6. The second kappa shape index (κ2) is 14.0. The van der Waals surface area contributed by atoms with Gasteiger partial charge in [-0.25, -0.2) is 5.43 Å². The number of amides is 1. The van der Waals surface area contributed by atoms with Crippen LogP contribution in [0.15, 0.2) is 94.5 Å². The van der Waals surface area contributed by atoms with Crippen LogP contribution >= 0.6 is 39.1 Å². The van der Waals surface area contributed by atoms with Gasteiger partial charge in [0, 0.05) is 31.2 Å². The molecule has 0 aromatic heterocycles. The Labute approximate surface area is 245 Å². The summed E-state index contributed by atoms with van der Waals surface area (Å²) in [4.78, 5) is 12.8. The van der Waals surface area contributed by atoms with E-state index in [1.807, 2.05) is 55.5 Å². The zero-order valence-corrected chi connectivity index (χ0v) is 24.1. The van der Waals surface area contributed by atoms with E-state index in [2.05, 4.69) is 26.5 Å². The van der Waals surface area contributed by atoms with Gasteiger partial charge in [-0.2, -0.15) is 5.10 Å². The van der Waals surface area contributed by atoms with Gasteiger partial charge >= 0.3 is 0 Å². The predicted octanol–water partition coefficient (Wildman–Crippen LogP) is 8.08. The molecule has 0 spiro atoms. The molecule has 39 heavy (non-hydrogen) atoms. The van der Waals surface area contributed by atoms with Crippen molar-refractivity contribution < 1.29 is 19.0 Å². The average Bonchev–Trinajstić information content (AvgIpc) is 2.93. The molecule has 0 aliphatic heterocycles. The van der Waals surface area contributed by atoms with Gasteiger partial charge in [-0.3, -0.25) is 4.79 Å². The molecule has 0 heterocycles. The van der Waals surface area contributed by atoms with E-state index in [4.69, 9.17) is 37.4 Å². The number of rotatable bonds is 11. The maximum Gasteiger partial charge on any atom is 0.271 e. The summed E-state index contributed by atoms with van der Waals surface area (Å²) in [6.45, 7) is 2.93. The van der Waals surface area contributed by atoms with E-state index in [0.717, 1.165) is 15.6 Å². The molecule has 0 bridgehead atoms. The van der Waals surface area contributed by atoms with Crippen LogP contribution in [0.4, 0.5) is 0 Å². The first kappa shape index (κ1) is 28.5. The number of hydrogen-bond donors (Lipinski definition) is 1. The number of ether oxygens (including phenoxy) is 3. The summed E-state index contributed by atoms with van der Waals surface area (Å²) in [7, 11) is 0. The van der Waals surface area contributed by atoms with Crippen molar-refractivity contribution >= 4 is 51.3 Å². The zero-order valence-electron chi connectivity index (χ0n) is 21.0. The van der Waals surface area contributed by atoms with Crippen molar-refractivity contribution in [3.63, 3.8) is 0 Å². The molecule has 6 nitrogen and oxygen atoms in total. The number of halogens is 3. The van der Waals surface area contributed by atoms with Gasteiger partial charge in [0.25, 0.3) is 5.91 Å². The quantitative estimate of drug-likeness (QED) is 0.135. The fourth-order valence-corrected chi connectivity index (χ4v) is 4.38. The highest BCUT2D eigenvalue weighted by molar-refractivity contribution is 9.10. The van der Waals surface area contributed by atoms with Gasteiger partial charge in [-0.1, -0.05) is 75.5 Å². The summed E-state index contributed by atoms with van der Waals surface area (Å²) in [6, 6.07) is 25.6. The van der Waals surface area contributed by atoms with E-state index in [-0.39, 0.29) is 6.61 Å². The van der Waals surface area contributed by atoms with Crippen molar-refractivity contribution in [3.8, 4) is 17.2 Å². The van der Waals surface area contributed by atoms with E-state index < -0.39 is 5.91 Å². The predicted molar refractivity (Wildman–Crippen MR) is 158 cm³/mol. The molecule has 0 saturated heterocycles. The summed E-state index contributed by atoms with van der Waals surface area (Å²) in [5.41, 5.74) is 5.42. The molecule has 4 aromatic rings. The van der Waals surface area contributed by atoms with Crippen LogP contribution in [0, 0.1) is 0 Å². The number of nitrogens with zero attached hydrogens (tertiary/aromatic N) is 1. The standard InChI is InChI=1S/C30H25BrCl2N2O4/c1-2-37-29-15-21(9-12-28(29)38-18-20-6-4-3-5-7-20)30(36)35-34-17-23-14-24(31)10-13-27(23)39-19-22-8-11-25(32)16-26(22)33/h3-17H,2,18-19H2,1H3,(H,35,36)/b34-17+. The minimum absolute atomic E-state index is 0.240. The second-order valence-corrected chi connectivity index (χ2v) is 10.0. The Morgan fingerprint density at radius 3 is 2.41 bits per heavy atom. The number of hydrogen-bond acceptors (Lipinski definition) is 5. The Morgan fingerprint density at radius 1 is 0.872 bits per heavy atom. The second-order valence-electron chi connectivity index (χ2n) is 8.27. The average molecular weight is 628 g/mol. The highest BCUT2D eigenvalue weighted by Crippen LogP contribution is 2.30. The number of carbonyl (C=O) groups excluding carboxylic acids is 1. The van der Waals surface area contributed by atoms with Gasteiger partial charge in [-0.05, 0) is 61.0 Å². The molecule has 1 N–H and O–H groups in total. The Kier molecular flexibility index (Phi) is 10.3. The third-order valence-electron chi connectivity index (χ3n) is 5.48. The number of nitrogens with one attached hydrogen (secondary N) is 1. The smallest absolute Gasteiger partial charge is 0.271 e. The van der Waals surface area contributed by atoms with Gasteiger partial charge in [0.1, 0.15) is 19.0 Å². The lowest BCUT2D eigenvalue weighted by Crippen LogP contribution is -2.18. The van der Waals surface area contributed by atoms with Crippen molar-refractivity contribution in [2.75, 3.05) is 6.61 Å². The van der Waals surface area contributed by atoms with Gasteiger partial charge < -0.3 is 14.2 Å². The van der Waals surface area contributed by atoms with Crippen LogP contribution in [0.1, 0.15) is 34.0 Å². The lowest BCUT2D eigenvalue weighted by molar-refractivity contribution is 0.0954. The van der Waals surface area contributed by atoms with Crippen LogP contribution in [0.3, 0.4) is 0 Å². The van der Waals surface area contributed by atoms with Gasteiger partial charge in [0.15, 0.2) is 11.5 Å². The lowest BCUT2D eigenvalue weighted by Gasteiger charge is -2.13. The van der Waals surface area contributed by atoms with Crippen LogP contribution in [-0.2, 0) is 13.2 Å². The van der Waals surface area contributed by atoms with Crippen LogP contribution in [-0.4, -0.2) is 18.7 Å². The summed E-state index contributed by atoms with van der Waals surface area (Å²) in [6.07, 6.45) is 1.52. The molecule has 0 fully saturated rings. The summed E-state index contributed by atoms with van der Waals surface area (Å²) < 4.78 is 18.4. The molecule has 0 unspecified atom stereocenters. The molecule has 0 aliphatic carbocycles. The van der Waals surface area contributed by atoms with E-state index in [1.54, 1.807) is 36.4 Å². The van der Waals surface area contributed by atoms with E-state index in [1.165, 1.54) is 6.21 Å². The molecule has 4 aromatic carbocycles. The molecule has 200 valence electrons. The topological polar surface area (TPSA) is 69.2 Å². The minimum atomic E-state index is -0.396. The Hall–Kier alpha value is -3.52. The molecule has 0 radical (unpaired) electrons. The lowest BCUT2D eigenvalue weighted by atomic mass is 10.2. The highest BCUT2D eigenvalue weighted by Gasteiger charge is 2.12. The Balaban J connectivity index is 1.42. The Morgan fingerprint density at radius 2 is 1.64 bits per heavy atom. The summed E-state index contributed by atoms with van der Waals surface area (Å²) in [5, 5.41) is 5.21. The minimum Gasteiger partial charge on any atom is -0.490 e. The van der Waals surface area contributed by atoms with E-state index in [0.29, 0.717) is 51.6 Å². The van der Waals surface area contributed by atoms with Crippen molar-refractivity contribution in [1.82, 2.24) is 5.43 Å². The van der Waals surface area contributed by atoms with Crippen molar-refractivity contribution in [2.24, 2.45) is 5.10 Å². The Bertz CT molecular complexity index is 1470. The van der Waals surface area contributed by atoms with Gasteiger partial charge in [-0.15, -0.1) is 0 Å². The highest BCUT2D eigenvalue weighted by atomic mass is 79.9. The fraction of sp³-hybridized carbons (Fsp3) is 0.133. The largest absolute Gasteiger partial charge is 0.490 e. The number of hydrazone groups is 1. The van der Waals surface area contributed by atoms with Gasteiger partial charge in [0.05, 0.1) is 12.8 Å². The first-order valence-corrected chi connectivity index (χ1v) is 13.6. The first-order chi connectivity index (χ1) is 18.9. The van der Waals surface area contributed by atoms with E-state index in [9.17, 15) is 4.79 Å². The van der Waals surface area contributed by atoms with Crippen LogP contribution < -0.4 is 19.6 Å². The first-order valence-electron chi connectivity index (χ1n) is 12.1. The molecule has 4 rings (SSSR count). The van der Waals surface area contributed by atoms with Crippen molar-refractivity contribution in [3.05, 3.63) is 122 Å². The molecule has 1 amide bonds. The van der Waals surface area contributed by atoms with Crippen molar-refractivity contribution in [2.45, 2.75) is 20.1 Å². The van der Waals surface area contributed by atoms with Crippen LogP contribution in [0.2, 0.25) is 10.0 Å². The van der Waals surface area contributed by atoms with Gasteiger partial charge in [0.2, 0.25) is 0 Å². The molecular formula is C30H25BrCl2N2O4. The maximum atomic E-state index is 12.8. The fourth-order valence-electron chi connectivity index (χ4n) is 3.54. The molecule has 0 aliphatic rings. The van der Waals surface area contributed by atoms with Crippen LogP contribution in [0.25, 0.3) is 0 Å². The molecular weight excluding hydrogens is 603 g/mol. The van der Waals surface area contributed by atoms with Crippen LogP contribution in [0.5, 0.6) is 17.2 Å². The maximum absolute atomic E-state index is 12.8. The third kappa shape index (κ3) is 8.23. The van der Waals surface area contributed by atoms with Crippen molar-refractivity contribution in [1.29, 1.82) is 0 Å². The number of carbonyl (C=O) groups is 1. The third-order valence-corrected chi connectivity index (χ3v) is 6.56. The van der Waals surface area contributed by atoms with E-state index >= 15 is 0 Å². The summed E-state index contributed by atoms with van der Waals surface area (Å²) >= 11 is 15.7.